The summed E-state index contributed by atoms with van der Waals surface area (Å²) in [6.45, 7) is 8.83. The van der Waals surface area contributed by atoms with E-state index in [9.17, 15) is 9.59 Å². The van der Waals surface area contributed by atoms with Gasteiger partial charge in [0.25, 0.3) is 11.8 Å². The Bertz CT molecular complexity index is 1150. The number of rotatable bonds is 6. The number of benzene rings is 3. The third-order valence-electron chi connectivity index (χ3n) is 4.46. The van der Waals surface area contributed by atoms with Gasteiger partial charge in [-0.05, 0) is 60.3 Å². The highest BCUT2D eigenvalue weighted by Crippen LogP contribution is 2.19. The molecule has 0 unspecified atom stereocenters. The summed E-state index contributed by atoms with van der Waals surface area (Å²) in [6, 6.07) is 18.6. The van der Waals surface area contributed by atoms with Gasteiger partial charge in [0.05, 0.1) is 5.70 Å². The summed E-state index contributed by atoms with van der Waals surface area (Å²) >= 11 is 0. The Labute approximate surface area is 169 Å². The minimum atomic E-state index is -0.320. The summed E-state index contributed by atoms with van der Waals surface area (Å²) < 4.78 is 0. The van der Waals surface area contributed by atoms with E-state index in [1.54, 1.807) is 24.3 Å². The quantitative estimate of drug-likeness (QED) is 0.471. The van der Waals surface area contributed by atoms with Gasteiger partial charge in [-0.1, -0.05) is 43.0 Å². The minimum absolute atomic E-state index is 0.242. The minimum Gasteiger partial charge on any atom is -0.322 e. The van der Waals surface area contributed by atoms with Crippen LogP contribution in [0.15, 0.2) is 90.2 Å². The Morgan fingerprint density at radius 1 is 0.966 bits per heavy atom. The molecule has 0 heterocycles. The molecule has 0 fully saturated rings. The van der Waals surface area contributed by atoms with E-state index in [-0.39, 0.29) is 11.8 Å². The topological polar surface area (TPSA) is 70.6 Å². The molecule has 2 N–H and O–H groups in total. The second kappa shape index (κ2) is 8.80. The summed E-state index contributed by atoms with van der Waals surface area (Å²) in [5, 5.41) is 7.63. The van der Waals surface area contributed by atoms with Crippen molar-refractivity contribution in [3.05, 3.63) is 102 Å². The lowest BCUT2D eigenvalue weighted by atomic mass is 10.1. The Kier molecular flexibility index (Phi) is 6.00. The summed E-state index contributed by atoms with van der Waals surface area (Å²) in [5.74, 6) is -0.562. The van der Waals surface area contributed by atoms with Crippen LogP contribution in [0.3, 0.4) is 0 Å². The van der Waals surface area contributed by atoms with Crippen LogP contribution in [0.5, 0.6) is 0 Å². The Morgan fingerprint density at radius 3 is 2.45 bits per heavy atom. The zero-order chi connectivity index (χ0) is 20.8. The molecule has 3 aromatic rings. The molecule has 5 nitrogen and oxygen atoms in total. The molecule has 0 aliphatic carbocycles. The number of carbonyl (C=O) groups excluding carboxylic acids is 2. The van der Waals surface area contributed by atoms with Gasteiger partial charge in [0.2, 0.25) is 0 Å². The van der Waals surface area contributed by atoms with Crippen molar-refractivity contribution in [3.8, 4) is 0 Å². The van der Waals surface area contributed by atoms with Crippen LogP contribution in [0.2, 0.25) is 0 Å². The first-order valence-corrected chi connectivity index (χ1v) is 9.02. The van der Waals surface area contributed by atoms with Crippen LogP contribution in [0, 0.1) is 6.92 Å². The van der Waals surface area contributed by atoms with Gasteiger partial charge in [0.1, 0.15) is 0 Å². The molecule has 0 atom stereocenters. The molecule has 0 aromatic heterocycles. The lowest BCUT2D eigenvalue weighted by molar-refractivity contribution is 0.0964. The van der Waals surface area contributed by atoms with E-state index < -0.39 is 0 Å². The van der Waals surface area contributed by atoms with Crippen molar-refractivity contribution in [1.82, 2.24) is 5.32 Å². The monoisotopic (exact) mass is 383 g/mol. The molecule has 0 bridgehead atoms. The molecule has 29 heavy (non-hydrogen) atoms. The van der Waals surface area contributed by atoms with Crippen LogP contribution >= 0.6 is 0 Å². The maximum absolute atomic E-state index is 12.7. The number of nitrogens with zero attached hydrogens (tertiary/aromatic N) is 1. The average molecular weight is 383 g/mol. The van der Waals surface area contributed by atoms with E-state index >= 15 is 0 Å². The van der Waals surface area contributed by atoms with E-state index in [0.717, 1.165) is 16.3 Å². The van der Waals surface area contributed by atoms with Gasteiger partial charge in [-0.3, -0.25) is 14.6 Å². The van der Waals surface area contributed by atoms with Crippen molar-refractivity contribution in [2.24, 2.45) is 4.99 Å². The largest absolute Gasteiger partial charge is 0.322 e. The van der Waals surface area contributed by atoms with Crippen LogP contribution in [0.1, 0.15) is 26.3 Å². The number of aryl methyl sites for hydroxylation is 1. The number of aliphatic imine (C=N–C) groups is 1. The molecular weight excluding hydrogens is 362 g/mol. The predicted molar refractivity (Wildman–Crippen MR) is 118 cm³/mol. The third kappa shape index (κ3) is 4.65. The highest BCUT2D eigenvalue weighted by Gasteiger charge is 2.13. The summed E-state index contributed by atoms with van der Waals surface area (Å²) in [7, 11) is 0. The van der Waals surface area contributed by atoms with Crippen LogP contribution in [-0.4, -0.2) is 18.5 Å². The number of amides is 2. The standard InChI is InChI=1S/C24H21N3O2/c1-4-20(15-25-3)26-24(29)22-14-21(12-9-16(22)2)27-23(28)19-11-10-17-7-5-6-8-18(17)13-19/h4-15H,1,3H2,2H3,(H,26,29)(H,27,28). The van der Waals surface area contributed by atoms with Crippen LogP contribution < -0.4 is 10.6 Å². The normalized spacial score (nSPS) is 11.0. The lowest BCUT2D eigenvalue weighted by Crippen LogP contribution is -2.23. The second-order valence-electron chi connectivity index (χ2n) is 6.47. The van der Waals surface area contributed by atoms with Crippen molar-refractivity contribution in [2.45, 2.75) is 6.92 Å². The highest BCUT2D eigenvalue weighted by molar-refractivity contribution is 6.07. The molecule has 0 spiro atoms. The third-order valence-corrected chi connectivity index (χ3v) is 4.46. The summed E-state index contributed by atoms with van der Waals surface area (Å²) in [6.07, 6.45) is 2.89. The molecule has 2 amide bonds. The molecule has 0 radical (unpaired) electrons. The first-order chi connectivity index (χ1) is 14.0. The van der Waals surface area contributed by atoms with Crippen molar-refractivity contribution >= 4 is 35.0 Å². The van der Waals surface area contributed by atoms with Crippen molar-refractivity contribution < 1.29 is 9.59 Å². The number of fused-ring (bicyclic) bond motifs is 1. The van der Waals surface area contributed by atoms with Crippen LogP contribution in [-0.2, 0) is 0 Å². The number of anilines is 1. The first-order valence-electron chi connectivity index (χ1n) is 9.02. The molecule has 0 aliphatic heterocycles. The Morgan fingerprint density at radius 2 is 1.72 bits per heavy atom. The zero-order valence-electron chi connectivity index (χ0n) is 16.1. The van der Waals surface area contributed by atoms with Crippen LogP contribution in [0.4, 0.5) is 5.69 Å². The highest BCUT2D eigenvalue weighted by atomic mass is 16.2. The van der Waals surface area contributed by atoms with E-state index in [2.05, 4.69) is 28.9 Å². The maximum Gasteiger partial charge on any atom is 0.256 e. The lowest BCUT2D eigenvalue weighted by Gasteiger charge is -2.11. The van der Waals surface area contributed by atoms with Gasteiger partial charge in [0.15, 0.2) is 0 Å². The van der Waals surface area contributed by atoms with Crippen molar-refractivity contribution in [1.29, 1.82) is 0 Å². The van der Waals surface area contributed by atoms with Gasteiger partial charge in [-0.2, -0.15) is 0 Å². The van der Waals surface area contributed by atoms with Gasteiger partial charge in [0, 0.05) is 23.0 Å². The fourth-order valence-corrected chi connectivity index (χ4v) is 2.91. The molecule has 144 valence electrons. The number of hydrogen-bond donors (Lipinski definition) is 2. The molecule has 0 saturated carbocycles. The molecule has 0 aliphatic rings. The fraction of sp³-hybridized carbons (Fsp3) is 0.0417. The predicted octanol–water partition coefficient (Wildman–Crippen LogP) is 4.86. The molecule has 3 rings (SSSR count). The smallest absolute Gasteiger partial charge is 0.256 e. The van der Waals surface area contributed by atoms with Crippen molar-refractivity contribution in [2.75, 3.05) is 5.32 Å². The van der Waals surface area contributed by atoms with Crippen molar-refractivity contribution in [3.63, 3.8) is 0 Å². The van der Waals surface area contributed by atoms with Gasteiger partial charge >= 0.3 is 0 Å². The van der Waals surface area contributed by atoms with E-state index in [1.165, 1.54) is 12.3 Å². The van der Waals surface area contributed by atoms with Gasteiger partial charge in [-0.25, -0.2) is 0 Å². The molecule has 5 heteroatoms. The van der Waals surface area contributed by atoms with Gasteiger partial charge in [-0.15, -0.1) is 0 Å². The second-order valence-corrected chi connectivity index (χ2v) is 6.47. The number of nitrogens with one attached hydrogen (secondary N) is 2. The Balaban J connectivity index is 1.82. The number of carbonyl (C=O) groups is 2. The van der Waals surface area contributed by atoms with E-state index in [4.69, 9.17) is 0 Å². The van der Waals surface area contributed by atoms with Gasteiger partial charge < -0.3 is 10.6 Å². The molecule has 3 aromatic carbocycles. The maximum atomic E-state index is 12.7. The zero-order valence-corrected chi connectivity index (χ0v) is 16.1. The first kappa shape index (κ1) is 19.8. The molecule has 0 saturated heterocycles. The van der Waals surface area contributed by atoms with E-state index in [1.807, 2.05) is 43.3 Å². The summed E-state index contributed by atoms with van der Waals surface area (Å²) in [5.41, 5.74) is 2.74. The SMILES string of the molecule is C=CC(=CN=C)NC(=O)c1cc(NC(=O)c2ccc3ccccc3c2)ccc1C. The van der Waals surface area contributed by atoms with E-state index in [0.29, 0.717) is 22.5 Å². The number of hydrogen-bond acceptors (Lipinski definition) is 3. The molecular formula is C24H21N3O2. The Hall–Kier alpha value is -3.99. The average Bonchev–Trinajstić information content (AvgIpc) is 2.74. The van der Waals surface area contributed by atoms with Crippen LogP contribution in [0.25, 0.3) is 10.8 Å². The summed E-state index contributed by atoms with van der Waals surface area (Å²) in [4.78, 5) is 28.9. The number of allylic oxidation sites excluding steroid dienone is 1. The fourth-order valence-electron chi connectivity index (χ4n) is 2.91.